The molecule has 1 saturated carbocycles. The normalized spacial score (nSPS) is 19.4. The molecule has 2 aromatic rings. The maximum Gasteiger partial charge on any atom is 0.269 e. The SMILES string of the molecule is CC(Nc1ncc2c(n1)N(C1CCCC1)CC(C)(C)C(=O)N2C)c1ccc([N+](=O)[O-])cc1. The third kappa shape index (κ3) is 4.11. The van der Waals surface area contributed by atoms with Crippen LogP contribution in [-0.4, -0.2) is 40.4 Å². The number of amides is 1. The monoisotopic (exact) mass is 438 g/mol. The van der Waals surface area contributed by atoms with Gasteiger partial charge in [-0.1, -0.05) is 25.0 Å². The van der Waals surface area contributed by atoms with Crippen LogP contribution in [0.4, 0.5) is 23.1 Å². The standard InChI is InChI=1S/C23H30N6O3/c1-15(16-9-11-18(12-10-16)29(31)32)25-22-24-13-19-20(26-22)28(17-7-5-6-8-17)14-23(2,3)21(30)27(19)4/h9-13,15,17H,5-8,14H2,1-4H3,(H,24,25,26). The molecule has 0 spiro atoms. The number of nitrogens with one attached hydrogen (secondary N) is 1. The Hall–Kier alpha value is -3.23. The highest BCUT2D eigenvalue weighted by Gasteiger charge is 2.41. The second kappa shape index (κ2) is 8.37. The van der Waals surface area contributed by atoms with Gasteiger partial charge in [-0.3, -0.25) is 14.9 Å². The molecule has 1 aliphatic carbocycles. The highest BCUT2D eigenvalue weighted by molar-refractivity contribution is 6.00. The van der Waals surface area contributed by atoms with E-state index in [0.29, 0.717) is 18.5 Å². The van der Waals surface area contributed by atoms with Crippen molar-refractivity contribution in [2.24, 2.45) is 5.41 Å². The lowest BCUT2D eigenvalue weighted by Gasteiger charge is -2.34. The Bertz CT molecular complexity index is 1020. The Labute approximate surface area is 188 Å². The molecule has 1 unspecified atom stereocenters. The summed E-state index contributed by atoms with van der Waals surface area (Å²) in [7, 11) is 1.79. The molecule has 170 valence electrons. The summed E-state index contributed by atoms with van der Waals surface area (Å²) in [6.07, 6.45) is 6.29. The summed E-state index contributed by atoms with van der Waals surface area (Å²) in [5.41, 5.74) is 1.15. The van der Waals surface area contributed by atoms with Gasteiger partial charge in [-0.05, 0) is 39.2 Å². The fourth-order valence-electron chi connectivity index (χ4n) is 4.70. The van der Waals surface area contributed by atoms with Gasteiger partial charge in [-0.15, -0.1) is 0 Å². The number of fused-ring (bicyclic) bond motifs is 1. The number of hydrogen-bond donors (Lipinski definition) is 1. The summed E-state index contributed by atoms with van der Waals surface area (Å²) in [5, 5.41) is 14.2. The second-order valence-electron chi connectivity index (χ2n) is 9.43. The fourth-order valence-corrected chi connectivity index (χ4v) is 4.70. The molecule has 0 saturated heterocycles. The van der Waals surface area contributed by atoms with Gasteiger partial charge >= 0.3 is 0 Å². The summed E-state index contributed by atoms with van der Waals surface area (Å²) < 4.78 is 0. The third-order valence-corrected chi connectivity index (χ3v) is 6.55. The molecular weight excluding hydrogens is 408 g/mol. The van der Waals surface area contributed by atoms with Crippen LogP contribution in [0, 0.1) is 15.5 Å². The van der Waals surface area contributed by atoms with Crippen molar-refractivity contribution in [1.82, 2.24) is 9.97 Å². The van der Waals surface area contributed by atoms with E-state index in [0.717, 1.165) is 29.9 Å². The van der Waals surface area contributed by atoms with Crippen LogP contribution in [0.25, 0.3) is 0 Å². The van der Waals surface area contributed by atoms with Crippen LogP contribution in [0.2, 0.25) is 0 Å². The van der Waals surface area contributed by atoms with E-state index in [2.05, 4.69) is 15.2 Å². The Kier molecular flexibility index (Phi) is 5.75. The molecule has 4 rings (SSSR count). The maximum absolute atomic E-state index is 13.1. The van der Waals surface area contributed by atoms with Gasteiger partial charge in [-0.25, -0.2) is 4.98 Å². The minimum atomic E-state index is -0.530. The molecule has 0 bridgehead atoms. The average Bonchev–Trinajstić information content (AvgIpc) is 3.29. The van der Waals surface area contributed by atoms with Crippen molar-refractivity contribution in [2.75, 3.05) is 28.7 Å². The first-order valence-electron chi connectivity index (χ1n) is 11.1. The number of aromatic nitrogens is 2. The number of anilines is 3. The largest absolute Gasteiger partial charge is 0.351 e. The van der Waals surface area contributed by atoms with Crippen LogP contribution in [0.5, 0.6) is 0 Å². The summed E-state index contributed by atoms with van der Waals surface area (Å²) in [6.45, 7) is 6.55. The van der Waals surface area contributed by atoms with Gasteiger partial charge in [0.2, 0.25) is 11.9 Å². The van der Waals surface area contributed by atoms with E-state index in [4.69, 9.17) is 4.98 Å². The minimum absolute atomic E-state index is 0.0582. The van der Waals surface area contributed by atoms with Crippen LogP contribution < -0.4 is 15.1 Å². The van der Waals surface area contributed by atoms with E-state index >= 15 is 0 Å². The minimum Gasteiger partial charge on any atom is -0.351 e. The molecule has 1 aliphatic heterocycles. The molecule has 1 aromatic heterocycles. The molecular formula is C23H30N6O3. The van der Waals surface area contributed by atoms with Gasteiger partial charge < -0.3 is 15.1 Å². The van der Waals surface area contributed by atoms with Crippen molar-refractivity contribution in [3.63, 3.8) is 0 Å². The lowest BCUT2D eigenvalue weighted by atomic mass is 9.91. The van der Waals surface area contributed by atoms with E-state index in [1.54, 1.807) is 30.3 Å². The second-order valence-corrected chi connectivity index (χ2v) is 9.43. The number of rotatable bonds is 5. The van der Waals surface area contributed by atoms with Gasteiger partial charge in [0.25, 0.3) is 5.69 Å². The smallest absolute Gasteiger partial charge is 0.269 e. The van der Waals surface area contributed by atoms with E-state index < -0.39 is 10.3 Å². The van der Waals surface area contributed by atoms with Gasteiger partial charge in [0.15, 0.2) is 5.82 Å². The Balaban J connectivity index is 1.65. The van der Waals surface area contributed by atoms with Crippen molar-refractivity contribution in [1.29, 1.82) is 0 Å². The Morgan fingerprint density at radius 2 is 1.88 bits per heavy atom. The van der Waals surface area contributed by atoms with Crippen molar-refractivity contribution >= 4 is 29.0 Å². The maximum atomic E-state index is 13.1. The van der Waals surface area contributed by atoms with Gasteiger partial charge in [-0.2, -0.15) is 4.98 Å². The number of nitro benzene ring substituents is 1. The number of non-ortho nitro benzene ring substituents is 1. The fraction of sp³-hybridized carbons (Fsp3) is 0.522. The van der Waals surface area contributed by atoms with Crippen molar-refractivity contribution in [3.8, 4) is 0 Å². The first-order valence-corrected chi connectivity index (χ1v) is 11.1. The zero-order valence-electron chi connectivity index (χ0n) is 19.0. The van der Waals surface area contributed by atoms with Gasteiger partial charge in [0.05, 0.1) is 22.6 Å². The van der Waals surface area contributed by atoms with Crippen molar-refractivity contribution in [2.45, 2.75) is 58.5 Å². The van der Waals surface area contributed by atoms with Crippen LogP contribution >= 0.6 is 0 Å². The third-order valence-electron chi connectivity index (χ3n) is 6.55. The number of carbonyl (C=O) groups is 1. The molecule has 2 heterocycles. The topological polar surface area (TPSA) is 104 Å². The van der Waals surface area contributed by atoms with Crippen LogP contribution in [-0.2, 0) is 4.79 Å². The van der Waals surface area contributed by atoms with Gasteiger partial charge in [0, 0.05) is 31.8 Å². The molecule has 1 fully saturated rings. The number of nitro groups is 1. The Morgan fingerprint density at radius 3 is 2.50 bits per heavy atom. The van der Waals surface area contributed by atoms with Crippen molar-refractivity contribution in [3.05, 3.63) is 46.1 Å². The number of benzene rings is 1. The molecule has 0 radical (unpaired) electrons. The predicted octanol–water partition coefficient (Wildman–Crippen LogP) is 4.31. The number of hydrogen-bond acceptors (Lipinski definition) is 7. The zero-order chi connectivity index (χ0) is 23.0. The highest BCUT2D eigenvalue weighted by atomic mass is 16.6. The quantitative estimate of drug-likeness (QED) is 0.548. The average molecular weight is 439 g/mol. The molecule has 9 nitrogen and oxygen atoms in total. The lowest BCUT2D eigenvalue weighted by Crippen LogP contribution is -2.45. The molecule has 1 N–H and O–H groups in total. The first-order chi connectivity index (χ1) is 15.2. The molecule has 9 heteroatoms. The summed E-state index contributed by atoms with van der Waals surface area (Å²) in [6, 6.07) is 6.68. The molecule has 1 aromatic carbocycles. The van der Waals surface area contributed by atoms with Crippen molar-refractivity contribution < 1.29 is 9.72 Å². The van der Waals surface area contributed by atoms with Crippen LogP contribution in [0.1, 0.15) is 58.1 Å². The molecule has 1 amide bonds. The van der Waals surface area contributed by atoms with E-state index in [1.807, 2.05) is 20.8 Å². The zero-order valence-corrected chi connectivity index (χ0v) is 19.0. The van der Waals surface area contributed by atoms with Crippen LogP contribution in [0.15, 0.2) is 30.5 Å². The van der Waals surface area contributed by atoms with E-state index in [-0.39, 0.29) is 17.6 Å². The lowest BCUT2D eigenvalue weighted by molar-refractivity contribution is -0.384. The number of nitrogens with zero attached hydrogens (tertiary/aromatic N) is 5. The molecule has 1 atom stereocenters. The van der Waals surface area contributed by atoms with Gasteiger partial charge in [0.1, 0.15) is 5.69 Å². The van der Waals surface area contributed by atoms with Crippen LogP contribution in [0.3, 0.4) is 0 Å². The summed E-state index contributed by atoms with van der Waals surface area (Å²) >= 11 is 0. The molecule has 32 heavy (non-hydrogen) atoms. The van der Waals surface area contributed by atoms with E-state index in [1.165, 1.54) is 25.0 Å². The molecule has 2 aliphatic rings. The highest BCUT2D eigenvalue weighted by Crippen LogP contribution is 2.40. The Morgan fingerprint density at radius 1 is 1.22 bits per heavy atom. The van der Waals surface area contributed by atoms with E-state index in [9.17, 15) is 14.9 Å². The first kappa shape index (κ1) is 22.0. The number of carbonyl (C=O) groups excluding carboxylic acids is 1. The summed E-state index contributed by atoms with van der Waals surface area (Å²) in [5.74, 6) is 1.31. The predicted molar refractivity (Wildman–Crippen MR) is 124 cm³/mol. The summed E-state index contributed by atoms with van der Waals surface area (Å²) in [4.78, 5) is 36.9.